The van der Waals surface area contributed by atoms with Gasteiger partial charge in [-0.25, -0.2) is 9.37 Å². The van der Waals surface area contributed by atoms with Crippen LogP contribution in [0.2, 0.25) is 5.02 Å². The van der Waals surface area contributed by atoms with Gasteiger partial charge in [0.05, 0.1) is 10.6 Å². The van der Waals surface area contributed by atoms with E-state index in [1.54, 1.807) is 12.1 Å². The third-order valence-electron chi connectivity index (χ3n) is 4.41. The Morgan fingerprint density at radius 3 is 2.84 bits per heavy atom. The van der Waals surface area contributed by atoms with Gasteiger partial charge in [-0.3, -0.25) is 4.79 Å². The molecule has 0 unspecified atom stereocenters. The van der Waals surface area contributed by atoms with Crippen LogP contribution in [-0.4, -0.2) is 24.0 Å². The highest BCUT2D eigenvalue weighted by Crippen LogP contribution is 2.34. The van der Waals surface area contributed by atoms with E-state index in [-0.39, 0.29) is 17.6 Å². The number of amides is 1. The number of nitrogens with zero attached hydrogens (tertiary/aromatic N) is 2. The van der Waals surface area contributed by atoms with Gasteiger partial charge in [0, 0.05) is 23.8 Å². The number of anilines is 2. The van der Waals surface area contributed by atoms with E-state index in [1.165, 1.54) is 17.4 Å². The van der Waals surface area contributed by atoms with Crippen molar-refractivity contribution >= 4 is 49.9 Å². The summed E-state index contributed by atoms with van der Waals surface area (Å²) in [6, 6.07) is 10.4. The van der Waals surface area contributed by atoms with E-state index >= 15 is 0 Å². The lowest BCUT2D eigenvalue weighted by Crippen LogP contribution is -2.52. The molecular formula is C18H15ClFN3OS. The maximum atomic E-state index is 13.8. The number of benzene rings is 2. The normalized spacial score (nSPS) is 14.6. The molecule has 0 atom stereocenters. The Balaban J connectivity index is 1.43. The lowest BCUT2D eigenvalue weighted by molar-refractivity contribution is -0.120. The summed E-state index contributed by atoms with van der Waals surface area (Å²) in [6.45, 7) is 3.03. The molecule has 0 radical (unpaired) electrons. The molecule has 1 fully saturated rings. The van der Waals surface area contributed by atoms with Gasteiger partial charge in [-0.1, -0.05) is 35.1 Å². The monoisotopic (exact) mass is 375 g/mol. The van der Waals surface area contributed by atoms with Crippen molar-refractivity contribution in [2.24, 2.45) is 5.92 Å². The zero-order chi connectivity index (χ0) is 17.6. The zero-order valence-electron chi connectivity index (χ0n) is 13.4. The van der Waals surface area contributed by atoms with Crippen molar-refractivity contribution in [1.82, 2.24) is 4.98 Å². The predicted octanol–water partition coefficient (Wildman–Crippen LogP) is 4.47. The lowest BCUT2D eigenvalue weighted by atomic mass is 9.99. The Morgan fingerprint density at radius 2 is 2.08 bits per heavy atom. The number of carbonyl (C=O) groups is 1. The van der Waals surface area contributed by atoms with Gasteiger partial charge in [-0.05, 0) is 36.8 Å². The minimum atomic E-state index is -0.314. The van der Waals surface area contributed by atoms with Gasteiger partial charge in [0.1, 0.15) is 11.3 Å². The molecule has 1 amide bonds. The molecule has 3 aromatic rings. The highest BCUT2D eigenvalue weighted by atomic mass is 35.5. The van der Waals surface area contributed by atoms with Crippen LogP contribution in [0.15, 0.2) is 36.4 Å². The molecule has 1 aliphatic heterocycles. The summed E-state index contributed by atoms with van der Waals surface area (Å²) in [5.41, 5.74) is 1.98. The van der Waals surface area contributed by atoms with Crippen molar-refractivity contribution in [1.29, 1.82) is 0 Å². The van der Waals surface area contributed by atoms with Crippen molar-refractivity contribution in [3.05, 3.63) is 52.8 Å². The van der Waals surface area contributed by atoms with Crippen molar-refractivity contribution < 1.29 is 9.18 Å². The van der Waals surface area contributed by atoms with Crippen molar-refractivity contribution in [3.8, 4) is 0 Å². The molecule has 7 heteroatoms. The minimum absolute atomic E-state index is 0.0334. The second-order valence-corrected chi connectivity index (χ2v) is 7.50. The first-order chi connectivity index (χ1) is 12.0. The number of carbonyl (C=O) groups excluding carboxylic acids is 1. The molecule has 2 aromatic carbocycles. The third-order valence-corrected chi connectivity index (χ3v) is 5.90. The van der Waals surface area contributed by atoms with Gasteiger partial charge >= 0.3 is 0 Å². The SMILES string of the molecule is Cc1c(Cl)cccc1NC(=O)C1CN(c2nc3c(F)cccc3s2)C1. The molecule has 1 aliphatic rings. The number of para-hydroxylation sites is 1. The number of halogens is 2. The van der Waals surface area contributed by atoms with Gasteiger partial charge in [0.2, 0.25) is 5.91 Å². The predicted molar refractivity (Wildman–Crippen MR) is 100 cm³/mol. The molecule has 1 N–H and O–H groups in total. The van der Waals surface area contributed by atoms with Gasteiger partial charge in [0.15, 0.2) is 5.13 Å². The number of fused-ring (bicyclic) bond motifs is 1. The molecule has 0 spiro atoms. The van der Waals surface area contributed by atoms with Crippen LogP contribution in [0.3, 0.4) is 0 Å². The van der Waals surface area contributed by atoms with Crippen LogP contribution in [0.5, 0.6) is 0 Å². The fourth-order valence-electron chi connectivity index (χ4n) is 2.82. The molecule has 25 heavy (non-hydrogen) atoms. The lowest BCUT2D eigenvalue weighted by Gasteiger charge is -2.38. The first kappa shape index (κ1) is 16.3. The fourth-order valence-corrected chi connectivity index (χ4v) is 3.99. The van der Waals surface area contributed by atoms with Gasteiger partial charge in [0.25, 0.3) is 0 Å². The Kier molecular flexibility index (Phi) is 4.09. The molecule has 4 rings (SSSR count). The van der Waals surface area contributed by atoms with Crippen LogP contribution >= 0.6 is 22.9 Å². The highest BCUT2D eigenvalue weighted by molar-refractivity contribution is 7.22. The van der Waals surface area contributed by atoms with Crippen LogP contribution in [-0.2, 0) is 4.79 Å². The minimum Gasteiger partial charge on any atom is -0.346 e. The first-order valence-electron chi connectivity index (χ1n) is 7.89. The number of aromatic nitrogens is 1. The van der Waals surface area contributed by atoms with Crippen LogP contribution in [0.25, 0.3) is 10.2 Å². The molecule has 2 heterocycles. The van der Waals surface area contributed by atoms with Crippen molar-refractivity contribution in [2.45, 2.75) is 6.92 Å². The number of thiazole rings is 1. The fraction of sp³-hybridized carbons (Fsp3) is 0.222. The van der Waals surface area contributed by atoms with Gasteiger partial charge in [-0.2, -0.15) is 0 Å². The molecule has 128 valence electrons. The Hall–Kier alpha value is -2.18. The molecule has 4 nitrogen and oxygen atoms in total. The average molecular weight is 376 g/mol. The topological polar surface area (TPSA) is 45.2 Å². The number of nitrogens with one attached hydrogen (secondary N) is 1. The summed E-state index contributed by atoms with van der Waals surface area (Å²) in [5, 5.41) is 4.32. The molecular weight excluding hydrogens is 361 g/mol. The Morgan fingerprint density at radius 1 is 1.32 bits per heavy atom. The third kappa shape index (κ3) is 2.96. The summed E-state index contributed by atoms with van der Waals surface area (Å²) in [4.78, 5) is 18.8. The quantitative estimate of drug-likeness (QED) is 0.734. The van der Waals surface area contributed by atoms with Gasteiger partial charge < -0.3 is 10.2 Å². The van der Waals surface area contributed by atoms with E-state index in [1.807, 2.05) is 30.0 Å². The summed E-state index contributed by atoms with van der Waals surface area (Å²) in [7, 11) is 0. The Labute approximate surface area is 153 Å². The van der Waals surface area contributed by atoms with E-state index in [9.17, 15) is 9.18 Å². The van der Waals surface area contributed by atoms with Crippen molar-refractivity contribution in [2.75, 3.05) is 23.3 Å². The molecule has 0 saturated carbocycles. The van der Waals surface area contributed by atoms with Crippen LogP contribution in [0, 0.1) is 18.7 Å². The highest BCUT2D eigenvalue weighted by Gasteiger charge is 2.34. The van der Waals surface area contributed by atoms with E-state index in [0.717, 1.165) is 21.1 Å². The zero-order valence-corrected chi connectivity index (χ0v) is 15.0. The molecule has 0 bridgehead atoms. The second kappa shape index (κ2) is 6.28. The average Bonchev–Trinajstić information content (AvgIpc) is 2.95. The van der Waals surface area contributed by atoms with Gasteiger partial charge in [-0.15, -0.1) is 0 Å². The standard InChI is InChI=1S/C18H15ClFN3OS/c1-10-12(19)4-2-6-14(10)21-17(24)11-8-23(9-11)18-22-16-13(20)5-3-7-15(16)25-18/h2-7,11H,8-9H2,1H3,(H,21,24). The summed E-state index contributed by atoms with van der Waals surface area (Å²) in [6.07, 6.45) is 0. The van der Waals surface area contributed by atoms with E-state index in [4.69, 9.17) is 11.6 Å². The maximum Gasteiger partial charge on any atom is 0.231 e. The Bertz CT molecular complexity index is 968. The number of hydrogen-bond acceptors (Lipinski definition) is 4. The van der Waals surface area contributed by atoms with Crippen molar-refractivity contribution in [3.63, 3.8) is 0 Å². The second-order valence-electron chi connectivity index (χ2n) is 6.09. The smallest absolute Gasteiger partial charge is 0.231 e. The molecule has 1 aromatic heterocycles. The summed E-state index contributed by atoms with van der Waals surface area (Å²) in [5.74, 6) is -0.463. The van der Waals surface area contributed by atoms with E-state index < -0.39 is 0 Å². The largest absolute Gasteiger partial charge is 0.346 e. The molecule has 0 aliphatic carbocycles. The number of hydrogen-bond donors (Lipinski definition) is 1. The van der Waals surface area contributed by atoms with Crippen LogP contribution < -0.4 is 10.2 Å². The van der Waals surface area contributed by atoms with E-state index in [0.29, 0.717) is 23.6 Å². The summed E-state index contributed by atoms with van der Waals surface area (Å²) < 4.78 is 14.6. The molecule has 1 saturated heterocycles. The van der Waals surface area contributed by atoms with Crippen LogP contribution in [0.4, 0.5) is 15.2 Å². The summed E-state index contributed by atoms with van der Waals surface area (Å²) >= 11 is 7.53. The van der Waals surface area contributed by atoms with E-state index in [2.05, 4.69) is 10.3 Å². The maximum absolute atomic E-state index is 13.8. The first-order valence-corrected chi connectivity index (χ1v) is 9.08. The van der Waals surface area contributed by atoms with Crippen LogP contribution in [0.1, 0.15) is 5.56 Å². The number of rotatable bonds is 3.